The quantitative estimate of drug-likeness (QED) is 0.694. The molecular formula is C21H30N2O7S. The Bertz CT molecular complexity index is 845. The Morgan fingerprint density at radius 3 is 2.55 bits per heavy atom. The van der Waals surface area contributed by atoms with Gasteiger partial charge in [-0.25, -0.2) is 8.42 Å². The predicted molar refractivity (Wildman–Crippen MR) is 111 cm³/mol. The van der Waals surface area contributed by atoms with Crippen molar-refractivity contribution in [2.75, 3.05) is 46.1 Å². The highest BCUT2D eigenvalue weighted by atomic mass is 32.2. The molecule has 4 rings (SSSR count). The summed E-state index contributed by atoms with van der Waals surface area (Å²) in [6.07, 6.45) is -0.340. The smallest absolute Gasteiger partial charge is 0.243 e. The first kappa shape index (κ1) is 22.6. The minimum atomic E-state index is -3.81. The molecule has 10 heteroatoms. The highest BCUT2D eigenvalue weighted by Crippen LogP contribution is 2.31. The molecule has 0 aromatic heterocycles. The second kappa shape index (κ2) is 9.93. The highest BCUT2D eigenvalue weighted by molar-refractivity contribution is 7.89. The average molecular weight is 455 g/mol. The van der Waals surface area contributed by atoms with Crippen molar-refractivity contribution in [1.29, 1.82) is 0 Å². The summed E-state index contributed by atoms with van der Waals surface area (Å²) in [6.45, 7) is 2.41. The van der Waals surface area contributed by atoms with Gasteiger partial charge in [0.05, 0.1) is 62.1 Å². The lowest BCUT2D eigenvalue weighted by atomic mass is 9.96. The molecule has 3 saturated heterocycles. The van der Waals surface area contributed by atoms with Crippen molar-refractivity contribution < 1.29 is 32.5 Å². The Morgan fingerprint density at radius 1 is 1.06 bits per heavy atom. The molecular weight excluding hydrogens is 424 g/mol. The Labute approximate surface area is 182 Å². The Morgan fingerprint density at radius 2 is 1.81 bits per heavy atom. The summed E-state index contributed by atoms with van der Waals surface area (Å²) in [5, 5.41) is 10.3. The molecule has 1 aromatic carbocycles. The number of aliphatic hydroxyl groups excluding tert-OH is 1. The summed E-state index contributed by atoms with van der Waals surface area (Å²) in [6, 6.07) is 7.77. The maximum absolute atomic E-state index is 13.4. The predicted octanol–water partition coefficient (Wildman–Crippen LogP) is 0.234. The van der Waals surface area contributed by atoms with Gasteiger partial charge in [0, 0.05) is 19.6 Å². The average Bonchev–Trinajstić information content (AvgIpc) is 2.78. The monoisotopic (exact) mass is 454 g/mol. The van der Waals surface area contributed by atoms with Crippen LogP contribution in [-0.2, 0) is 29.0 Å². The van der Waals surface area contributed by atoms with Crippen LogP contribution in [0.2, 0.25) is 0 Å². The van der Waals surface area contributed by atoms with Crippen LogP contribution >= 0.6 is 0 Å². The zero-order valence-corrected chi connectivity index (χ0v) is 18.3. The number of hydrogen-bond donors (Lipinski definition) is 1. The maximum Gasteiger partial charge on any atom is 0.243 e. The van der Waals surface area contributed by atoms with Crippen LogP contribution in [0.3, 0.4) is 0 Å². The van der Waals surface area contributed by atoms with E-state index in [4.69, 9.17) is 14.2 Å². The van der Waals surface area contributed by atoms with Gasteiger partial charge < -0.3 is 24.2 Å². The molecule has 1 aromatic rings. The van der Waals surface area contributed by atoms with E-state index in [1.54, 1.807) is 35.2 Å². The normalized spacial score (nSPS) is 30.8. The van der Waals surface area contributed by atoms with Gasteiger partial charge in [-0.3, -0.25) is 4.79 Å². The standard InChI is InChI=1S/C21H30N2O7S/c24-16-13-23(31(26,27)18-4-2-1-3-5-18)19-7-6-17(30-20(19)15-29-14-16)12-21(25)22-8-10-28-11-9-22/h1-5,16-17,19-20,24H,6-15H2/t16-,17+,19-,20+/m1/s1. The molecule has 0 bridgehead atoms. The van der Waals surface area contributed by atoms with Gasteiger partial charge in [0.1, 0.15) is 0 Å². The molecule has 3 aliphatic heterocycles. The first-order valence-electron chi connectivity index (χ1n) is 10.8. The van der Waals surface area contributed by atoms with Crippen molar-refractivity contribution in [3.63, 3.8) is 0 Å². The van der Waals surface area contributed by atoms with E-state index in [-0.39, 0.29) is 43.1 Å². The van der Waals surface area contributed by atoms with Gasteiger partial charge in [0.2, 0.25) is 15.9 Å². The highest BCUT2D eigenvalue weighted by Gasteiger charge is 2.43. The molecule has 172 valence electrons. The molecule has 0 radical (unpaired) electrons. The molecule has 3 heterocycles. The van der Waals surface area contributed by atoms with Gasteiger partial charge in [-0.1, -0.05) is 18.2 Å². The third-order valence-corrected chi connectivity index (χ3v) is 7.95. The number of amides is 1. The van der Waals surface area contributed by atoms with Crippen LogP contribution in [0.5, 0.6) is 0 Å². The Kier molecular flexibility index (Phi) is 7.25. The van der Waals surface area contributed by atoms with Crippen molar-refractivity contribution in [3.05, 3.63) is 30.3 Å². The molecule has 0 unspecified atom stereocenters. The second-order valence-corrected chi connectivity index (χ2v) is 10.1. The van der Waals surface area contributed by atoms with Crippen LogP contribution in [0, 0.1) is 0 Å². The first-order chi connectivity index (χ1) is 14.9. The summed E-state index contributed by atoms with van der Waals surface area (Å²) < 4.78 is 45.2. The van der Waals surface area contributed by atoms with Gasteiger partial charge in [-0.05, 0) is 25.0 Å². The molecule has 3 fully saturated rings. The van der Waals surface area contributed by atoms with Crippen LogP contribution in [0.1, 0.15) is 19.3 Å². The number of sulfonamides is 1. The van der Waals surface area contributed by atoms with Crippen molar-refractivity contribution >= 4 is 15.9 Å². The van der Waals surface area contributed by atoms with Crippen LogP contribution in [0.15, 0.2) is 35.2 Å². The molecule has 31 heavy (non-hydrogen) atoms. The number of benzene rings is 1. The molecule has 9 nitrogen and oxygen atoms in total. The summed E-state index contributed by atoms with van der Waals surface area (Å²) in [4.78, 5) is 14.6. The number of β-amino-alcohol motifs (C(OH)–C–C–N with tert-alkyl or cyclic N) is 1. The van der Waals surface area contributed by atoms with E-state index in [1.807, 2.05) is 0 Å². The zero-order chi connectivity index (χ0) is 21.8. The van der Waals surface area contributed by atoms with Gasteiger partial charge in [0.25, 0.3) is 0 Å². The first-order valence-corrected chi connectivity index (χ1v) is 12.2. The number of morpholine rings is 1. The second-order valence-electron chi connectivity index (χ2n) is 8.22. The van der Waals surface area contributed by atoms with Crippen molar-refractivity contribution in [2.45, 2.75) is 48.5 Å². The third-order valence-electron chi connectivity index (χ3n) is 6.05. The zero-order valence-electron chi connectivity index (χ0n) is 17.5. The number of rotatable bonds is 4. The molecule has 0 spiro atoms. The molecule has 0 aliphatic carbocycles. The van der Waals surface area contributed by atoms with Gasteiger partial charge in [0.15, 0.2) is 0 Å². The summed E-state index contributed by atoms with van der Waals surface area (Å²) >= 11 is 0. The number of carbonyl (C=O) groups excluding carboxylic acids is 1. The number of ether oxygens (including phenoxy) is 3. The largest absolute Gasteiger partial charge is 0.389 e. The fraction of sp³-hybridized carbons (Fsp3) is 0.667. The van der Waals surface area contributed by atoms with E-state index in [0.717, 1.165) is 0 Å². The number of hydrogen-bond acceptors (Lipinski definition) is 7. The number of carbonyl (C=O) groups is 1. The summed E-state index contributed by atoms with van der Waals surface area (Å²) in [7, 11) is -3.81. The van der Waals surface area contributed by atoms with E-state index < -0.39 is 28.3 Å². The van der Waals surface area contributed by atoms with Crippen LogP contribution in [0.4, 0.5) is 0 Å². The summed E-state index contributed by atoms with van der Waals surface area (Å²) in [5.74, 6) is 0.0303. The number of nitrogens with zero attached hydrogens (tertiary/aromatic N) is 2. The lowest BCUT2D eigenvalue weighted by Crippen LogP contribution is -2.57. The van der Waals surface area contributed by atoms with E-state index in [0.29, 0.717) is 39.1 Å². The summed E-state index contributed by atoms with van der Waals surface area (Å²) in [5.41, 5.74) is 0. The topological polar surface area (TPSA) is 106 Å². The van der Waals surface area contributed by atoms with Crippen molar-refractivity contribution in [1.82, 2.24) is 9.21 Å². The van der Waals surface area contributed by atoms with Crippen LogP contribution in [0.25, 0.3) is 0 Å². The van der Waals surface area contributed by atoms with Crippen LogP contribution < -0.4 is 0 Å². The fourth-order valence-electron chi connectivity index (χ4n) is 4.44. The van der Waals surface area contributed by atoms with Crippen LogP contribution in [-0.4, -0.2) is 99.1 Å². The lowest BCUT2D eigenvalue weighted by molar-refractivity contribution is -0.153. The lowest BCUT2D eigenvalue weighted by Gasteiger charge is -2.43. The minimum Gasteiger partial charge on any atom is -0.389 e. The SMILES string of the molecule is O=C(C[C@@H]1CC[C@@H]2[C@H](COC[C@H](O)CN2S(=O)(=O)c2ccccc2)O1)N1CCOCC1. The number of fused-ring (bicyclic) bond motifs is 1. The molecule has 1 amide bonds. The number of aliphatic hydroxyl groups is 1. The van der Waals surface area contributed by atoms with E-state index in [9.17, 15) is 18.3 Å². The van der Waals surface area contributed by atoms with E-state index in [2.05, 4.69) is 0 Å². The minimum absolute atomic E-state index is 0.0303. The molecule has 3 aliphatic rings. The third kappa shape index (κ3) is 5.27. The van der Waals surface area contributed by atoms with Crippen molar-refractivity contribution in [2.24, 2.45) is 0 Å². The van der Waals surface area contributed by atoms with Gasteiger partial charge >= 0.3 is 0 Å². The van der Waals surface area contributed by atoms with Crippen molar-refractivity contribution in [3.8, 4) is 0 Å². The Hall–Kier alpha value is -1.56. The maximum atomic E-state index is 13.4. The molecule has 1 N–H and O–H groups in total. The molecule has 4 atom stereocenters. The van der Waals surface area contributed by atoms with Gasteiger partial charge in [-0.15, -0.1) is 0 Å². The van der Waals surface area contributed by atoms with Gasteiger partial charge in [-0.2, -0.15) is 4.31 Å². The van der Waals surface area contributed by atoms with E-state index in [1.165, 1.54) is 4.31 Å². The fourth-order valence-corrected chi connectivity index (χ4v) is 6.17. The Balaban J connectivity index is 1.49. The molecule has 0 saturated carbocycles. The van der Waals surface area contributed by atoms with E-state index >= 15 is 0 Å².